The third kappa shape index (κ3) is 7.54. The Balaban J connectivity index is 0.00000312. The molecule has 2 aliphatic rings. The molecule has 0 radical (unpaired) electrons. The van der Waals surface area contributed by atoms with E-state index in [0.29, 0.717) is 11.9 Å². The molecule has 0 aromatic rings. The minimum atomic E-state index is 0. The second-order valence-electron chi connectivity index (χ2n) is 6.87. The number of halogens is 1. The van der Waals surface area contributed by atoms with E-state index in [4.69, 9.17) is 0 Å². The van der Waals surface area contributed by atoms with Crippen LogP contribution in [0.4, 0.5) is 0 Å². The Bertz CT molecular complexity index is 447. The van der Waals surface area contributed by atoms with Crippen molar-refractivity contribution in [3.05, 3.63) is 12.2 Å². The number of guanidine groups is 1. The van der Waals surface area contributed by atoms with Crippen molar-refractivity contribution in [1.82, 2.24) is 15.5 Å². The van der Waals surface area contributed by atoms with Crippen LogP contribution in [0.1, 0.15) is 58.8 Å². The lowest BCUT2D eigenvalue weighted by molar-refractivity contribution is -0.135. The maximum Gasteiger partial charge on any atom is 0.225 e. The molecule has 1 unspecified atom stereocenters. The van der Waals surface area contributed by atoms with Gasteiger partial charge in [0.25, 0.3) is 0 Å². The number of aliphatic imine (C=N–C) groups is 1. The van der Waals surface area contributed by atoms with Gasteiger partial charge in [0.2, 0.25) is 5.91 Å². The molecule has 1 aliphatic heterocycles. The molecule has 25 heavy (non-hydrogen) atoms. The summed E-state index contributed by atoms with van der Waals surface area (Å²) in [4.78, 5) is 19.3. The summed E-state index contributed by atoms with van der Waals surface area (Å²) in [6.45, 7) is 7.45. The molecule has 1 saturated heterocycles. The molecule has 1 amide bonds. The van der Waals surface area contributed by atoms with Gasteiger partial charge in [0.1, 0.15) is 0 Å². The first-order valence-electron chi connectivity index (χ1n) is 9.69. The normalized spacial score (nSPS) is 22.1. The first-order chi connectivity index (χ1) is 11.7. The summed E-state index contributed by atoms with van der Waals surface area (Å²) >= 11 is 0. The summed E-state index contributed by atoms with van der Waals surface area (Å²) in [5, 5.41) is 6.81. The summed E-state index contributed by atoms with van der Waals surface area (Å²) in [5.74, 6) is 1.54. The van der Waals surface area contributed by atoms with Crippen molar-refractivity contribution >= 4 is 35.8 Å². The Labute approximate surface area is 170 Å². The fourth-order valence-corrected chi connectivity index (χ4v) is 3.62. The highest BCUT2D eigenvalue weighted by Crippen LogP contribution is 2.26. The highest BCUT2D eigenvalue weighted by molar-refractivity contribution is 14.0. The van der Waals surface area contributed by atoms with Gasteiger partial charge in [0, 0.05) is 38.1 Å². The number of carbonyl (C=O) groups excluding carboxylic acids is 1. The number of allylic oxidation sites excluding steroid dienone is 1. The second-order valence-corrected chi connectivity index (χ2v) is 6.87. The van der Waals surface area contributed by atoms with Gasteiger partial charge in [0.05, 0.1) is 0 Å². The Kier molecular flexibility index (Phi) is 11.2. The third-order valence-corrected chi connectivity index (χ3v) is 4.94. The minimum Gasteiger partial charge on any atom is -0.357 e. The molecule has 1 heterocycles. The van der Waals surface area contributed by atoms with E-state index in [1.54, 1.807) is 0 Å². The molecule has 0 spiro atoms. The topological polar surface area (TPSA) is 56.7 Å². The van der Waals surface area contributed by atoms with Gasteiger partial charge in [-0.05, 0) is 39.5 Å². The number of carbonyl (C=O) groups is 1. The van der Waals surface area contributed by atoms with Crippen LogP contribution in [0.25, 0.3) is 0 Å². The van der Waals surface area contributed by atoms with Gasteiger partial charge in [-0.3, -0.25) is 9.79 Å². The fourth-order valence-electron chi connectivity index (χ4n) is 3.62. The Morgan fingerprint density at radius 1 is 1.24 bits per heavy atom. The molecule has 0 bridgehead atoms. The van der Waals surface area contributed by atoms with Crippen LogP contribution in [0.5, 0.6) is 0 Å². The number of amides is 1. The number of hydrogen-bond acceptors (Lipinski definition) is 2. The molecule has 0 aromatic heterocycles. The monoisotopic (exact) mass is 462 g/mol. The summed E-state index contributed by atoms with van der Waals surface area (Å²) in [6, 6.07) is 0.317. The van der Waals surface area contributed by atoms with E-state index in [-0.39, 0.29) is 29.9 Å². The predicted octanol–water partition coefficient (Wildman–Crippen LogP) is 3.31. The van der Waals surface area contributed by atoms with Gasteiger partial charge >= 0.3 is 0 Å². The molecule has 2 N–H and O–H groups in total. The van der Waals surface area contributed by atoms with Gasteiger partial charge in [0.15, 0.2) is 5.96 Å². The van der Waals surface area contributed by atoms with Crippen molar-refractivity contribution in [2.45, 2.75) is 64.8 Å². The number of hydrogen-bond donors (Lipinski definition) is 2. The Morgan fingerprint density at radius 3 is 2.68 bits per heavy atom. The zero-order valence-corrected chi connectivity index (χ0v) is 18.1. The first-order valence-corrected chi connectivity index (χ1v) is 9.69. The van der Waals surface area contributed by atoms with Crippen molar-refractivity contribution in [3.63, 3.8) is 0 Å². The van der Waals surface area contributed by atoms with Gasteiger partial charge < -0.3 is 15.5 Å². The second kappa shape index (κ2) is 12.5. The fraction of sp³-hybridized carbons (Fsp3) is 0.789. The first kappa shape index (κ1) is 22.3. The third-order valence-electron chi connectivity index (χ3n) is 4.94. The molecule has 6 heteroatoms. The molecule has 1 atom stereocenters. The van der Waals surface area contributed by atoms with E-state index >= 15 is 0 Å². The van der Waals surface area contributed by atoms with E-state index in [9.17, 15) is 4.79 Å². The average Bonchev–Trinajstić information content (AvgIpc) is 3.07. The molecule has 0 aromatic carbocycles. The number of rotatable bonds is 6. The molecule has 5 nitrogen and oxygen atoms in total. The summed E-state index contributed by atoms with van der Waals surface area (Å²) < 4.78 is 0. The maximum absolute atomic E-state index is 12.6. The number of nitrogens with one attached hydrogen (secondary N) is 2. The van der Waals surface area contributed by atoms with Gasteiger partial charge in [-0.1, -0.05) is 31.4 Å². The number of nitrogens with zero attached hydrogens (tertiary/aromatic N) is 2. The van der Waals surface area contributed by atoms with Gasteiger partial charge in [-0.2, -0.15) is 0 Å². The van der Waals surface area contributed by atoms with Gasteiger partial charge in [-0.25, -0.2) is 0 Å². The lowest BCUT2D eigenvalue weighted by atomic mass is 9.88. The smallest absolute Gasteiger partial charge is 0.225 e. The van der Waals surface area contributed by atoms with E-state index < -0.39 is 0 Å². The van der Waals surface area contributed by atoms with Crippen molar-refractivity contribution in [2.24, 2.45) is 10.9 Å². The molecule has 2 rings (SSSR count). The van der Waals surface area contributed by atoms with E-state index in [1.807, 2.05) is 6.92 Å². The lowest BCUT2D eigenvalue weighted by Crippen LogP contribution is -2.45. The van der Waals surface area contributed by atoms with E-state index in [1.165, 1.54) is 19.3 Å². The minimum absolute atomic E-state index is 0. The Morgan fingerprint density at radius 2 is 2.00 bits per heavy atom. The van der Waals surface area contributed by atoms with Crippen LogP contribution in [0.15, 0.2) is 17.1 Å². The molecular weight excluding hydrogens is 427 g/mol. The molecule has 2 fully saturated rings. The largest absolute Gasteiger partial charge is 0.357 e. The van der Waals surface area contributed by atoms with Crippen molar-refractivity contribution in [2.75, 3.05) is 26.2 Å². The van der Waals surface area contributed by atoms with Crippen LogP contribution < -0.4 is 10.6 Å². The zero-order chi connectivity index (χ0) is 17.2. The molecule has 1 saturated carbocycles. The average molecular weight is 462 g/mol. The van der Waals surface area contributed by atoms with Crippen LogP contribution in [0, 0.1) is 5.92 Å². The molecule has 144 valence electrons. The van der Waals surface area contributed by atoms with Crippen molar-refractivity contribution in [3.8, 4) is 0 Å². The molecule has 1 aliphatic carbocycles. The standard InChI is InChI=1S/C19H34N4O.HI/c1-3-5-9-13-21-19(20-4-2)22-17-12-14-23(15-17)18(24)16-10-7-6-8-11-16;/h3,5,16-17H,4,6-15H2,1-2H3,(H2,20,21,22);1H/b5-3+;. The lowest BCUT2D eigenvalue weighted by Gasteiger charge is -2.26. The quantitative estimate of drug-likeness (QED) is 0.209. The van der Waals surface area contributed by atoms with E-state index in [2.05, 4.69) is 39.6 Å². The van der Waals surface area contributed by atoms with Crippen LogP contribution in [-0.2, 0) is 4.79 Å². The zero-order valence-electron chi connectivity index (χ0n) is 15.8. The summed E-state index contributed by atoms with van der Waals surface area (Å²) in [6.07, 6.45) is 12.1. The SMILES string of the molecule is C/C=C/CCN=C(NCC)NC1CCN(C(=O)C2CCCCC2)C1.I. The van der Waals surface area contributed by atoms with Crippen LogP contribution >= 0.6 is 24.0 Å². The highest BCUT2D eigenvalue weighted by Gasteiger charge is 2.31. The molecular formula is C19H35IN4O. The van der Waals surface area contributed by atoms with Crippen LogP contribution in [0.3, 0.4) is 0 Å². The van der Waals surface area contributed by atoms with Gasteiger partial charge in [-0.15, -0.1) is 24.0 Å². The van der Waals surface area contributed by atoms with Crippen LogP contribution in [0.2, 0.25) is 0 Å². The Hall–Kier alpha value is -0.790. The predicted molar refractivity (Wildman–Crippen MR) is 116 cm³/mol. The highest BCUT2D eigenvalue weighted by atomic mass is 127. The number of likely N-dealkylation sites (tertiary alicyclic amines) is 1. The van der Waals surface area contributed by atoms with Crippen molar-refractivity contribution in [1.29, 1.82) is 0 Å². The maximum atomic E-state index is 12.6. The van der Waals surface area contributed by atoms with Crippen molar-refractivity contribution < 1.29 is 4.79 Å². The summed E-state index contributed by atoms with van der Waals surface area (Å²) in [5.41, 5.74) is 0. The van der Waals surface area contributed by atoms with E-state index in [0.717, 1.165) is 57.8 Å². The van der Waals surface area contributed by atoms with Crippen LogP contribution in [-0.4, -0.2) is 49.0 Å². The summed E-state index contributed by atoms with van der Waals surface area (Å²) in [7, 11) is 0.